The molecule has 23 heavy (non-hydrogen) atoms. The topological polar surface area (TPSA) is 46.9 Å². The predicted octanol–water partition coefficient (Wildman–Crippen LogP) is 4.33. The Bertz CT molecular complexity index is 835. The minimum absolute atomic E-state index is 0.0355. The molecule has 3 rings (SSSR count). The molecule has 0 bridgehead atoms. The fourth-order valence-electron chi connectivity index (χ4n) is 2.66. The molecule has 4 nitrogen and oxygen atoms in total. The first kappa shape index (κ1) is 16.1. The molecule has 0 aliphatic rings. The summed E-state index contributed by atoms with van der Waals surface area (Å²) in [6.07, 6.45) is 1.98. The smallest absolute Gasteiger partial charge is 0.262 e. The Morgan fingerprint density at radius 1 is 1.35 bits per heavy atom. The van der Waals surface area contributed by atoms with Gasteiger partial charge in [-0.3, -0.25) is 4.79 Å². The highest BCUT2D eigenvalue weighted by atomic mass is 32.2. The van der Waals surface area contributed by atoms with Crippen LogP contribution in [-0.2, 0) is 6.54 Å². The van der Waals surface area contributed by atoms with Crippen LogP contribution in [0.3, 0.4) is 0 Å². The zero-order valence-electron chi connectivity index (χ0n) is 13.4. The van der Waals surface area contributed by atoms with Crippen LogP contribution in [0.4, 0.5) is 0 Å². The van der Waals surface area contributed by atoms with E-state index in [1.165, 1.54) is 11.3 Å². The fourth-order valence-corrected chi connectivity index (χ4v) is 4.32. The SMILES string of the molecule is CSc1ccsc1C(=O)NCc1nc2ccccc2n1C(C)C. The van der Waals surface area contributed by atoms with Crippen LogP contribution in [0.15, 0.2) is 40.6 Å². The highest BCUT2D eigenvalue weighted by Crippen LogP contribution is 2.26. The van der Waals surface area contributed by atoms with Crippen LogP contribution in [0.2, 0.25) is 0 Å². The maximum Gasteiger partial charge on any atom is 0.262 e. The number of amides is 1. The van der Waals surface area contributed by atoms with E-state index < -0.39 is 0 Å². The van der Waals surface area contributed by atoms with E-state index in [4.69, 9.17) is 0 Å². The number of hydrogen-bond donors (Lipinski definition) is 1. The number of nitrogens with one attached hydrogen (secondary N) is 1. The molecule has 0 atom stereocenters. The van der Waals surface area contributed by atoms with Gasteiger partial charge in [-0.1, -0.05) is 12.1 Å². The number of thiophene rings is 1. The first-order valence-corrected chi connectivity index (χ1v) is 9.57. The van der Waals surface area contributed by atoms with Gasteiger partial charge in [-0.2, -0.15) is 0 Å². The zero-order valence-corrected chi connectivity index (χ0v) is 15.0. The number of rotatable bonds is 5. The largest absolute Gasteiger partial charge is 0.344 e. The molecule has 1 N–H and O–H groups in total. The van der Waals surface area contributed by atoms with E-state index >= 15 is 0 Å². The predicted molar refractivity (Wildman–Crippen MR) is 97.4 cm³/mol. The van der Waals surface area contributed by atoms with Gasteiger partial charge in [0.25, 0.3) is 5.91 Å². The molecule has 0 unspecified atom stereocenters. The van der Waals surface area contributed by atoms with Crippen molar-refractivity contribution in [2.75, 3.05) is 6.26 Å². The second-order valence-electron chi connectivity index (χ2n) is 5.48. The maximum absolute atomic E-state index is 12.4. The second kappa shape index (κ2) is 6.76. The number of imidazole rings is 1. The van der Waals surface area contributed by atoms with Gasteiger partial charge in [0.05, 0.1) is 17.6 Å². The van der Waals surface area contributed by atoms with Crippen LogP contribution in [0.1, 0.15) is 35.4 Å². The van der Waals surface area contributed by atoms with Crippen molar-refractivity contribution >= 4 is 40.0 Å². The van der Waals surface area contributed by atoms with Crippen molar-refractivity contribution in [3.05, 3.63) is 46.4 Å². The summed E-state index contributed by atoms with van der Waals surface area (Å²) in [5.74, 6) is 0.850. The summed E-state index contributed by atoms with van der Waals surface area (Å²) < 4.78 is 2.18. The molecule has 0 radical (unpaired) electrons. The van der Waals surface area contributed by atoms with Crippen LogP contribution < -0.4 is 5.32 Å². The standard InChI is InChI=1S/C17H19N3OS2/c1-11(2)20-13-7-5-4-6-12(13)19-15(20)10-18-17(21)16-14(22-3)8-9-23-16/h4-9,11H,10H2,1-3H3,(H,18,21). The maximum atomic E-state index is 12.4. The third kappa shape index (κ3) is 3.14. The average Bonchev–Trinajstić information content (AvgIpc) is 3.16. The van der Waals surface area contributed by atoms with E-state index in [-0.39, 0.29) is 11.9 Å². The number of fused-ring (bicyclic) bond motifs is 1. The molecular weight excluding hydrogens is 326 g/mol. The number of nitrogens with zero attached hydrogens (tertiary/aromatic N) is 2. The van der Waals surface area contributed by atoms with Gasteiger partial charge >= 0.3 is 0 Å². The van der Waals surface area contributed by atoms with Crippen LogP contribution in [0.25, 0.3) is 11.0 Å². The van der Waals surface area contributed by atoms with Gasteiger partial charge in [-0.15, -0.1) is 23.1 Å². The number of aromatic nitrogens is 2. The molecule has 1 aromatic carbocycles. The van der Waals surface area contributed by atoms with Gasteiger partial charge in [0.2, 0.25) is 0 Å². The third-order valence-corrected chi connectivity index (χ3v) is 5.47. The number of para-hydroxylation sites is 2. The molecule has 0 saturated heterocycles. The Morgan fingerprint density at radius 2 is 2.13 bits per heavy atom. The number of hydrogen-bond acceptors (Lipinski definition) is 4. The molecule has 0 saturated carbocycles. The molecule has 3 aromatic rings. The van der Waals surface area contributed by atoms with E-state index in [0.29, 0.717) is 6.54 Å². The van der Waals surface area contributed by atoms with Crippen LogP contribution in [-0.4, -0.2) is 21.7 Å². The quantitative estimate of drug-likeness (QED) is 0.700. The molecule has 0 aliphatic heterocycles. The number of carbonyl (C=O) groups is 1. The molecule has 2 heterocycles. The van der Waals surface area contributed by atoms with E-state index in [2.05, 4.69) is 34.8 Å². The lowest BCUT2D eigenvalue weighted by Crippen LogP contribution is -2.24. The summed E-state index contributed by atoms with van der Waals surface area (Å²) >= 11 is 3.07. The average molecular weight is 345 g/mol. The summed E-state index contributed by atoms with van der Waals surface area (Å²) in [6.45, 7) is 4.69. The van der Waals surface area contributed by atoms with Crippen molar-refractivity contribution < 1.29 is 4.79 Å². The molecular formula is C17H19N3OS2. The van der Waals surface area contributed by atoms with E-state index in [9.17, 15) is 4.79 Å². The van der Waals surface area contributed by atoms with E-state index in [1.807, 2.05) is 35.9 Å². The fraction of sp³-hybridized carbons (Fsp3) is 0.294. The van der Waals surface area contributed by atoms with Gasteiger partial charge in [-0.05, 0) is 43.7 Å². The lowest BCUT2D eigenvalue weighted by atomic mass is 10.3. The van der Waals surface area contributed by atoms with Gasteiger partial charge in [0.1, 0.15) is 10.7 Å². The van der Waals surface area contributed by atoms with Crippen molar-refractivity contribution in [3.8, 4) is 0 Å². The van der Waals surface area contributed by atoms with Crippen molar-refractivity contribution in [2.45, 2.75) is 31.3 Å². The second-order valence-corrected chi connectivity index (χ2v) is 7.25. The van der Waals surface area contributed by atoms with Gasteiger partial charge < -0.3 is 9.88 Å². The van der Waals surface area contributed by atoms with Crippen LogP contribution in [0, 0.1) is 0 Å². The van der Waals surface area contributed by atoms with Crippen LogP contribution >= 0.6 is 23.1 Å². The summed E-state index contributed by atoms with van der Waals surface area (Å²) in [7, 11) is 0. The normalized spacial score (nSPS) is 11.3. The minimum atomic E-state index is -0.0355. The molecule has 0 spiro atoms. The Balaban J connectivity index is 1.84. The molecule has 0 fully saturated rings. The number of carbonyl (C=O) groups excluding carboxylic acids is 1. The van der Waals surface area contributed by atoms with Gasteiger partial charge in [-0.25, -0.2) is 4.98 Å². The Kier molecular flexibility index (Phi) is 4.73. The zero-order chi connectivity index (χ0) is 16.4. The van der Waals surface area contributed by atoms with Crippen molar-refractivity contribution in [1.29, 1.82) is 0 Å². The molecule has 0 aliphatic carbocycles. The Labute approximate surface area is 143 Å². The van der Waals surface area contributed by atoms with Crippen molar-refractivity contribution in [2.24, 2.45) is 0 Å². The molecule has 1 amide bonds. The van der Waals surface area contributed by atoms with E-state index in [0.717, 1.165) is 26.6 Å². The van der Waals surface area contributed by atoms with Crippen molar-refractivity contribution in [3.63, 3.8) is 0 Å². The van der Waals surface area contributed by atoms with Crippen LogP contribution in [0.5, 0.6) is 0 Å². The highest BCUT2D eigenvalue weighted by Gasteiger charge is 2.16. The molecule has 2 aromatic heterocycles. The van der Waals surface area contributed by atoms with E-state index in [1.54, 1.807) is 11.8 Å². The summed E-state index contributed by atoms with van der Waals surface area (Å²) in [5, 5.41) is 4.96. The minimum Gasteiger partial charge on any atom is -0.344 e. The van der Waals surface area contributed by atoms with Gasteiger partial charge in [0, 0.05) is 10.9 Å². The lowest BCUT2D eigenvalue weighted by Gasteiger charge is -2.13. The molecule has 6 heteroatoms. The summed E-state index contributed by atoms with van der Waals surface area (Å²) in [4.78, 5) is 18.9. The highest BCUT2D eigenvalue weighted by molar-refractivity contribution is 7.98. The molecule has 120 valence electrons. The monoisotopic (exact) mass is 345 g/mol. The van der Waals surface area contributed by atoms with Gasteiger partial charge in [0.15, 0.2) is 0 Å². The van der Waals surface area contributed by atoms with Crippen molar-refractivity contribution in [1.82, 2.24) is 14.9 Å². The summed E-state index contributed by atoms with van der Waals surface area (Å²) in [6, 6.07) is 10.3. The Hall–Kier alpha value is -1.79. The first-order valence-electron chi connectivity index (χ1n) is 7.47. The number of benzene rings is 1. The number of thioether (sulfide) groups is 1. The first-order chi connectivity index (χ1) is 11.1. The summed E-state index contributed by atoms with van der Waals surface area (Å²) in [5.41, 5.74) is 2.07. The third-order valence-electron chi connectivity index (χ3n) is 3.65. The lowest BCUT2D eigenvalue weighted by molar-refractivity contribution is 0.0951. The Morgan fingerprint density at radius 3 is 2.87 bits per heavy atom.